The molecule has 1 atom stereocenters. The zero-order chi connectivity index (χ0) is 12.6. The Morgan fingerprint density at radius 2 is 1.88 bits per heavy atom. The highest BCUT2D eigenvalue weighted by molar-refractivity contribution is 5.73. The minimum Gasteiger partial charge on any atom is -0.480 e. The molecule has 0 heterocycles. The summed E-state index contributed by atoms with van der Waals surface area (Å²) in [6.45, 7) is 10.0. The van der Waals surface area contributed by atoms with E-state index in [9.17, 15) is 4.79 Å². The number of hydrogen-bond acceptors (Lipinski definition) is 3. The third-order valence-corrected chi connectivity index (χ3v) is 2.38. The van der Waals surface area contributed by atoms with Gasteiger partial charge in [-0.3, -0.25) is 4.79 Å². The zero-order valence-electron chi connectivity index (χ0n) is 10.8. The summed E-state index contributed by atoms with van der Waals surface area (Å²) in [6.07, 6.45) is 1.05. The quantitative estimate of drug-likeness (QED) is 0.594. The molecular weight excluding hydrogens is 206 g/mol. The number of nitrogens with one attached hydrogen (secondary N) is 1. The van der Waals surface area contributed by atoms with Gasteiger partial charge in [0.15, 0.2) is 0 Å². The Balaban J connectivity index is 3.52. The zero-order valence-corrected chi connectivity index (χ0v) is 10.8. The highest BCUT2D eigenvalue weighted by Gasteiger charge is 2.19. The number of carbonyl (C=O) groups is 1. The fourth-order valence-electron chi connectivity index (χ4n) is 1.32. The second-order valence-corrected chi connectivity index (χ2v) is 4.81. The van der Waals surface area contributed by atoms with E-state index in [1.165, 1.54) is 0 Å². The van der Waals surface area contributed by atoms with Crippen molar-refractivity contribution in [1.82, 2.24) is 5.32 Å². The van der Waals surface area contributed by atoms with Crippen molar-refractivity contribution in [3.05, 3.63) is 0 Å². The van der Waals surface area contributed by atoms with Crippen LogP contribution in [0.4, 0.5) is 0 Å². The van der Waals surface area contributed by atoms with Crippen LogP contribution in [0, 0.1) is 11.8 Å². The monoisotopic (exact) mass is 231 g/mol. The van der Waals surface area contributed by atoms with Crippen LogP contribution in [-0.4, -0.2) is 36.9 Å². The molecule has 2 N–H and O–H groups in total. The normalized spacial score (nSPS) is 13.4. The molecule has 0 aliphatic heterocycles. The summed E-state index contributed by atoms with van der Waals surface area (Å²) in [5.74, 6) is -0.0549. The first-order valence-corrected chi connectivity index (χ1v) is 5.99. The van der Waals surface area contributed by atoms with Crippen LogP contribution < -0.4 is 5.32 Å². The van der Waals surface area contributed by atoms with E-state index in [4.69, 9.17) is 9.84 Å². The van der Waals surface area contributed by atoms with Crippen LogP contribution in [0.25, 0.3) is 0 Å². The molecule has 0 spiro atoms. The Bertz CT molecular complexity index is 193. The third-order valence-electron chi connectivity index (χ3n) is 2.38. The van der Waals surface area contributed by atoms with Crippen LogP contribution in [0.2, 0.25) is 0 Å². The Morgan fingerprint density at radius 3 is 2.31 bits per heavy atom. The summed E-state index contributed by atoms with van der Waals surface area (Å²) in [5, 5.41) is 11.9. The van der Waals surface area contributed by atoms with E-state index < -0.39 is 12.0 Å². The maximum atomic E-state index is 10.8. The van der Waals surface area contributed by atoms with Gasteiger partial charge in [0.1, 0.15) is 6.04 Å². The van der Waals surface area contributed by atoms with E-state index in [-0.39, 0.29) is 5.92 Å². The van der Waals surface area contributed by atoms with Gasteiger partial charge in [-0.25, -0.2) is 0 Å². The Kier molecular flexibility index (Phi) is 8.21. The standard InChI is InChI=1S/C12H25NO3/c1-9(2)5-7-16-8-6-13-11(10(3)4)12(14)15/h9-11,13H,5-8H2,1-4H3,(H,14,15). The van der Waals surface area contributed by atoms with E-state index in [0.717, 1.165) is 13.0 Å². The van der Waals surface area contributed by atoms with Crippen molar-refractivity contribution in [2.75, 3.05) is 19.8 Å². The lowest BCUT2D eigenvalue weighted by Gasteiger charge is -2.17. The largest absolute Gasteiger partial charge is 0.480 e. The summed E-state index contributed by atoms with van der Waals surface area (Å²) < 4.78 is 5.40. The minimum absolute atomic E-state index is 0.0909. The number of ether oxygens (including phenoxy) is 1. The van der Waals surface area contributed by atoms with E-state index in [1.54, 1.807) is 0 Å². The van der Waals surface area contributed by atoms with Gasteiger partial charge < -0.3 is 15.2 Å². The highest BCUT2D eigenvalue weighted by atomic mass is 16.5. The molecule has 1 unspecified atom stereocenters. The highest BCUT2D eigenvalue weighted by Crippen LogP contribution is 2.01. The van der Waals surface area contributed by atoms with Crippen molar-refractivity contribution in [2.45, 2.75) is 40.2 Å². The van der Waals surface area contributed by atoms with Crippen molar-refractivity contribution in [3.8, 4) is 0 Å². The van der Waals surface area contributed by atoms with Gasteiger partial charge in [-0.05, 0) is 18.3 Å². The van der Waals surface area contributed by atoms with E-state index >= 15 is 0 Å². The molecule has 96 valence electrons. The van der Waals surface area contributed by atoms with Crippen LogP contribution >= 0.6 is 0 Å². The first-order valence-electron chi connectivity index (χ1n) is 5.99. The molecule has 4 nitrogen and oxygen atoms in total. The molecule has 0 amide bonds. The van der Waals surface area contributed by atoms with Gasteiger partial charge >= 0.3 is 5.97 Å². The molecule has 0 rings (SSSR count). The predicted molar refractivity (Wildman–Crippen MR) is 64.5 cm³/mol. The fourth-order valence-corrected chi connectivity index (χ4v) is 1.32. The molecule has 4 heteroatoms. The van der Waals surface area contributed by atoms with Crippen molar-refractivity contribution in [3.63, 3.8) is 0 Å². The molecule has 0 radical (unpaired) electrons. The lowest BCUT2D eigenvalue weighted by molar-refractivity contribution is -0.140. The van der Waals surface area contributed by atoms with Gasteiger partial charge in [-0.15, -0.1) is 0 Å². The molecule has 16 heavy (non-hydrogen) atoms. The van der Waals surface area contributed by atoms with E-state index in [0.29, 0.717) is 19.1 Å². The maximum Gasteiger partial charge on any atom is 0.320 e. The maximum absolute atomic E-state index is 10.8. The van der Waals surface area contributed by atoms with Gasteiger partial charge in [0.25, 0.3) is 0 Å². The Hall–Kier alpha value is -0.610. The first-order chi connectivity index (χ1) is 7.45. The SMILES string of the molecule is CC(C)CCOCCNC(C(=O)O)C(C)C. The summed E-state index contributed by atoms with van der Waals surface area (Å²) in [4.78, 5) is 10.8. The number of carboxylic acid groups (broad SMARTS) is 1. The second kappa shape index (κ2) is 8.53. The lowest BCUT2D eigenvalue weighted by atomic mass is 10.1. The molecule has 0 aliphatic rings. The summed E-state index contributed by atoms with van der Waals surface area (Å²) in [5.41, 5.74) is 0. The van der Waals surface area contributed by atoms with Crippen LogP contribution in [-0.2, 0) is 9.53 Å². The topological polar surface area (TPSA) is 58.6 Å². The number of hydrogen-bond donors (Lipinski definition) is 2. The van der Waals surface area contributed by atoms with E-state index in [1.807, 2.05) is 13.8 Å². The molecular formula is C12H25NO3. The molecule has 0 saturated heterocycles. The Morgan fingerprint density at radius 1 is 1.25 bits per heavy atom. The molecule has 0 aliphatic carbocycles. The van der Waals surface area contributed by atoms with Crippen molar-refractivity contribution < 1.29 is 14.6 Å². The summed E-state index contributed by atoms with van der Waals surface area (Å²) >= 11 is 0. The molecule has 0 bridgehead atoms. The van der Waals surface area contributed by atoms with Crippen molar-refractivity contribution >= 4 is 5.97 Å². The van der Waals surface area contributed by atoms with Crippen LogP contribution in [0.1, 0.15) is 34.1 Å². The summed E-state index contributed by atoms with van der Waals surface area (Å²) in [7, 11) is 0. The average molecular weight is 231 g/mol. The Labute approximate surface area is 98.4 Å². The van der Waals surface area contributed by atoms with E-state index in [2.05, 4.69) is 19.2 Å². The van der Waals surface area contributed by atoms with Crippen LogP contribution in [0.15, 0.2) is 0 Å². The van der Waals surface area contributed by atoms with Crippen LogP contribution in [0.3, 0.4) is 0 Å². The second-order valence-electron chi connectivity index (χ2n) is 4.81. The molecule has 0 saturated carbocycles. The minimum atomic E-state index is -0.794. The average Bonchev–Trinajstić information content (AvgIpc) is 2.14. The summed E-state index contributed by atoms with van der Waals surface area (Å²) in [6, 6.07) is -0.478. The molecule has 0 aromatic rings. The molecule has 0 fully saturated rings. The van der Waals surface area contributed by atoms with Gasteiger partial charge in [0, 0.05) is 13.2 Å². The lowest BCUT2D eigenvalue weighted by Crippen LogP contribution is -2.42. The van der Waals surface area contributed by atoms with Crippen molar-refractivity contribution in [1.29, 1.82) is 0 Å². The number of carboxylic acids is 1. The van der Waals surface area contributed by atoms with Crippen molar-refractivity contribution in [2.24, 2.45) is 11.8 Å². The van der Waals surface area contributed by atoms with Gasteiger partial charge in [-0.1, -0.05) is 27.7 Å². The van der Waals surface area contributed by atoms with Gasteiger partial charge in [0.2, 0.25) is 0 Å². The smallest absolute Gasteiger partial charge is 0.320 e. The molecule has 0 aromatic heterocycles. The number of rotatable bonds is 9. The fraction of sp³-hybridized carbons (Fsp3) is 0.917. The van der Waals surface area contributed by atoms with Crippen LogP contribution in [0.5, 0.6) is 0 Å². The predicted octanol–water partition coefficient (Wildman–Crippen LogP) is 1.75. The molecule has 0 aromatic carbocycles. The third kappa shape index (κ3) is 7.65. The van der Waals surface area contributed by atoms with Gasteiger partial charge in [0.05, 0.1) is 6.61 Å². The first kappa shape index (κ1) is 15.4. The van der Waals surface area contributed by atoms with Gasteiger partial charge in [-0.2, -0.15) is 0 Å². The number of aliphatic carboxylic acids is 1.